The van der Waals surface area contributed by atoms with E-state index in [-0.39, 0.29) is 6.03 Å². The van der Waals surface area contributed by atoms with Crippen molar-refractivity contribution in [3.8, 4) is 0 Å². The molecule has 0 saturated carbocycles. The van der Waals surface area contributed by atoms with Crippen LogP contribution < -0.4 is 5.32 Å². The predicted molar refractivity (Wildman–Crippen MR) is 80.5 cm³/mol. The average molecular weight is 311 g/mol. The van der Waals surface area contributed by atoms with E-state index in [1.165, 1.54) is 0 Å². The fourth-order valence-corrected chi connectivity index (χ4v) is 2.65. The summed E-state index contributed by atoms with van der Waals surface area (Å²) in [7, 11) is 0. The molecule has 5 nitrogen and oxygen atoms in total. The number of hydrogen-bond donors (Lipinski definition) is 2. The first-order valence-electron chi connectivity index (χ1n) is 7.06. The Morgan fingerprint density at radius 2 is 2.24 bits per heavy atom. The molecule has 0 radical (unpaired) electrons. The first-order chi connectivity index (χ1) is 10.1. The molecule has 6 heteroatoms. The van der Waals surface area contributed by atoms with Gasteiger partial charge in [-0.15, -0.1) is 0 Å². The molecule has 0 aliphatic carbocycles. The van der Waals surface area contributed by atoms with Gasteiger partial charge in [0, 0.05) is 24.7 Å². The highest BCUT2D eigenvalue weighted by Gasteiger charge is 2.30. The summed E-state index contributed by atoms with van der Waals surface area (Å²) >= 11 is 5.91. The van der Waals surface area contributed by atoms with E-state index in [1.807, 2.05) is 24.3 Å². The number of amides is 2. The molecule has 0 spiro atoms. The molecular weight excluding hydrogens is 292 g/mol. The molecule has 1 aliphatic heterocycles. The van der Waals surface area contributed by atoms with E-state index in [4.69, 9.17) is 16.7 Å². The smallest absolute Gasteiger partial charge is 0.317 e. The third kappa shape index (κ3) is 4.63. The van der Waals surface area contributed by atoms with Crippen LogP contribution in [-0.4, -0.2) is 41.6 Å². The monoisotopic (exact) mass is 310 g/mol. The Bertz CT molecular complexity index is 521. The number of hydrogen-bond acceptors (Lipinski definition) is 2. The maximum atomic E-state index is 11.9. The van der Waals surface area contributed by atoms with Crippen LogP contribution in [0.25, 0.3) is 0 Å². The van der Waals surface area contributed by atoms with Crippen LogP contribution in [0.2, 0.25) is 5.02 Å². The molecule has 1 unspecified atom stereocenters. The second-order valence-electron chi connectivity index (χ2n) is 5.24. The lowest BCUT2D eigenvalue weighted by molar-refractivity contribution is -0.141. The van der Waals surface area contributed by atoms with Gasteiger partial charge in [0.2, 0.25) is 0 Å². The Kier molecular flexibility index (Phi) is 5.44. The third-order valence-electron chi connectivity index (χ3n) is 3.63. The van der Waals surface area contributed by atoms with E-state index in [0.29, 0.717) is 31.1 Å². The molecule has 1 atom stereocenters. The van der Waals surface area contributed by atoms with Crippen LogP contribution in [-0.2, 0) is 11.2 Å². The largest absolute Gasteiger partial charge is 0.481 e. The standard InChI is InChI=1S/C15H19ClN2O3/c16-13-5-1-3-11(9-13)4-2-7-17-15(21)18-8-6-12(10-18)14(19)20/h1,3,5,9,12H,2,4,6-8,10H2,(H,17,21)(H,19,20). The minimum absolute atomic E-state index is 0.176. The summed E-state index contributed by atoms with van der Waals surface area (Å²) in [5.74, 6) is -1.26. The molecule has 1 aromatic carbocycles. The number of nitrogens with zero attached hydrogens (tertiary/aromatic N) is 1. The number of urea groups is 1. The van der Waals surface area contributed by atoms with E-state index in [0.717, 1.165) is 18.4 Å². The lowest BCUT2D eigenvalue weighted by atomic mass is 10.1. The molecule has 1 aliphatic rings. The van der Waals surface area contributed by atoms with Gasteiger partial charge in [0.05, 0.1) is 5.92 Å². The van der Waals surface area contributed by atoms with Crippen molar-refractivity contribution in [2.24, 2.45) is 5.92 Å². The molecule has 1 fully saturated rings. The van der Waals surface area contributed by atoms with Crippen LogP contribution in [0.1, 0.15) is 18.4 Å². The van der Waals surface area contributed by atoms with Crippen molar-refractivity contribution in [3.05, 3.63) is 34.9 Å². The highest BCUT2D eigenvalue weighted by molar-refractivity contribution is 6.30. The van der Waals surface area contributed by atoms with Gasteiger partial charge in [-0.3, -0.25) is 4.79 Å². The molecule has 114 valence electrons. The van der Waals surface area contributed by atoms with Crippen molar-refractivity contribution in [1.29, 1.82) is 0 Å². The Morgan fingerprint density at radius 3 is 2.90 bits per heavy atom. The molecular formula is C15H19ClN2O3. The number of aliphatic carboxylic acids is 1. The third-order valence-corrected chi connectivity index (χ3v) is 3.87. The van der Waals surface area contributed by atoms with E-state index in [2.05, 4.69) is 5.32 Å². The quantitative estimate of drug-likeness (QED) is 0.820. The summed E-state index contributed by atoms with van der Waals surface area (Å²) in [6.45, 7) is 1.38. The number of likely N-dealkylation sites (tertiary alicyclic amines) is 1. The molecule has 2 amide bonds. The summed E-state index contributed by atoms with van der Waals surface area (Å²) in [6.07, 6.45) is 2.20. The lowest BCUT2D eigenvalue weighted by Gasteiger charge is -2.16. The number of carboxylic acids is 1. The Hall–Kier alpha value is -1.75. The maximum absolute atomic E-state index is 11.9. The number of carboxylic acid groups (broad SMARTS) is 1. The van der Waals surface area contributed by atoms with Gasteiger partial charge in [-0.05, 0) is 37.0 Å². The van der Waals surface area contributed by atoms with E-state index < -0.39 is 11.9 Å². The van der Waals surface area contributed by atoms with E-state index in [9.17, 15) is 9.59 Å². The number of halogens is 1. The fourth-order valence-electron chi connectivity index (χ4n) is 2.44. The summed E-state index contributed by atoms with van der Waals surface area (Å²) in [5, 5.41) is 12.5. The van der Waals surface area contributed by atoms with Crippen LogP contribution in [0, 0.1) is 5.92 Å². The van der Waals surface area contributed by atoms with Gasteiger partial charge in [0.15, 0.2) is 0 Å². The molecule has 1 aromatic rings. The minimum atomic E-state index is -0.828. The van der Waals surface area contributed by atoms with Crippen molar-refractivity contribution < 1.29 is 14.7 Å². The van der Waals surface area contributed by atoms with Crippen molar-refractivity contribution in [3.63, 3.8) is 0 Å². The van der Waals surface area contributed by atoms with Crippen molar-refractivity contribution in [2.75, 3.05) is 19.6 Å². The number of carbonyl (C=O) groups excluding carboxylic acids is 1. The van der Waals surface area contributed by atoms with Crippen LogP contribution in [0.15, 0.2) is 24.3 Å². The maximum Gasteiger partial charge on any atom is 0.317 e. The molecule has 0 aromatic heterocycles. The first-order valence-corrected chi connectivity index (χ1v) is 7.44. The molecule has 2 rings (SSSR count). The first kappa shape index (κ1) is 15.6. The predicted octanol–water partition coefficient (Wildman–Crippen LogP) is 2.39. The van der Waals surface area contributed by atoms with Gasteiger partial charge in [-0.2, -0.15) is 0 Å². The number of benzene rings is 1. The van der Waals surface area contributed by atoms with Crippen LogP contribution in [0.4, 0.5) is 4.79 Å². The zero-order valence-corrected chi connectivity index (χ0v) is 12.5. The van der Waals surface area contributed by atoms with Crippen molar-refractivity contribution in [2.45, 2.75) is 19.3 Å². The second-order valence-corrected chi connectivity index (χ2v) is 5.67. The number of rotatable bonds is 5. The normalized spacial score (nSPS) is 17.8. The highest BCUT2D eigenvalue weighted by atomic mass is 35.5. The summed E-state index contributed by atoms with van der Waals surface area (Å²) in [6, 6.07) is 7.49. The molecule has 1 saturated heterocycles. The van der Waals surface area contributed by atoms with E-state index >= 15 is 0 Å². The zero-order valence-electron chi connectivity index (χ0n) is 11.7. The van der Waals surface area contributed by atoms with Gasteiger partial charge in [-0.25, -0.2) is 4.79 Å². The van der Waals surface area contributed by atoms with Crippen molar-refractivity contribution >= 4 is 23.6 Å². The Labute approximate surface area is 128 Å². The highest BCUT2D eigenvalue weighted by Crippen LogP contribution is 2.16. The summed E-state index contributed by atoms with van der Waals surface area (Å²) in [5.41, 5.74) is 1.14. The summed E-state index contributed by atoms with van der Waals surface area (Å²) < 4.78 is 0. The van der Waals surface area contributed by atoms with Gasteiger partial charge in [0.1, 0.15) is 0 Å². The number of aryl methyl sites for hydroxylation is 1. The molecule has 2 N–H and O–H groups in total. The number of carbonyl (C=O) groups is 2. The summed E-state index contributed by atoms with van der Waals surface area (Å²) in [4.78, 5) is 24.3. The Balaban J connectivity index is 1.67. The minimum Gasteiger partial charge on any atom is -0.481 e. The SMILES string of the molecule is O=C(O)C1CCN(C(=O)NCCCc2cccc(Cl)c2)C1. The lowest BCUT2D eigenvalue weighted by Crippen LogP contribution is -2.39. The van der Waals surface area contributed by atoms with Gasteiger partial charge >= 0.3 is 12.0 Å². The molecule has 21 heavy (non-hydrogen) atoms. The van der Waals surface area contributed by atoms with Gasteiger partial charge in [-0.1, -0.05) is 23.7 Å². The van der Waals surface area contributed by atoms with Crippen LogP contribution in [0.5, 0.6) is 0 Å². The van der Waals surface area contributed by atoms with Gasteiger partial charge in [0.25, 0.3) is 0 Å². The zero-order chi connectivity index (χ0) is 15.2. The number of nitrogens with one attached hydrogen (secondary N) is 1. The average Bonchev–Trinajstić information content (AvgIpc) is 2.93. The topological polar surface area (TPSA) is 69.6 Å². The fraction of sp³-hybridized carbons (Fsp3) is 0.467. The van der Waals surface area contributed by atoms with Crippen LogP contribution >= 0.6 is 11.6 Å². The molecule has 1 heterocycles. The van der Waals surface area contributed by atoms with Crippen LogP contribution in [0.3, 0.4) is 0 Å². The second kappa shape index (κ2) is 7.31. The molecule has 0 bridgehead atoms. The Morgan fingerprint density at radius 1 is 1.43 bits per heavy atom. The van der Waals surface area contributed by atoms with Gasteiger partial charge < -0.3 is 15.3 Å². The van der Waals surface area contributed by atoms with E-state index in [1.54, 1.807) is 4.90 Å². The van der Waals surface area contributed by atoms with Crippen molar-refractivity contribution in [1.82, 2.24) is 10.2 Å².